The number of carbonyl (C=O) groups is 5. The number of carboxylic acid groups (broad SMARTS) is 4. The molecule has 23 heavy (non-hydrogen) atoms. The zero-order chi connectivity index (χ0) is 18.2. The molecule has 1 unspecified atom stereocenters. The standard InChI is InChI=1S/C12H18N2O9/c1-2-7(13(3-8(15)16)4-9(17)18)12(23)14(5-10(19)20)6-11(21)22/h7H,2-6H2,1H3,(H,15,16)(H,17,18)(H,19,20)(H,21,22). The summed E-state index contributed by atoms with van der Waals surface area (Å²) in [7, 11) is 0. The smallest absolute Gasteiger partial charge is 0.323 e. The minimum absolute atomic E-state index is 0.0187. The Morgan fingerprint density at radius 2 is 1.09 bits per heavy atom. The highest BCUT2D eigenvalue weighted by Gasteiger charge is 2.32. The first-order valence-corrected chi connectivity index (χ1v) is 6.48. The van der Waals surface area contributed by atoms with E-state index in [4.69, 9.17) is 20.4 Å². The molecular weight excluding hydrogens is 316 g/mol. The number of carboxylic acids is 4. The summed E-state index contributed by atoms with van der Waals surface area (Å²) in [5, 5.41) is 35.1. The molecule has 1 atom stereocenters. The van der Waals surface area contributed by atoms with Crippen molar-refractivity contribution in [3.63, 3.8) is 0 Å². The van der Waals surface area contributed by atoms with Gasteiger partial charge in [-0.15, -0.1) is 0 Å². The SMILES string of the molecule is CCC(C(=O)N(CC(=O)O)CC(=O)O)N(CC(=O)O)CC(=O)O. The van der Waals surface area contributed by atoms with Gasteiger partial charge in [0.2, 0.25) is 5.91 Å². The van der Waals surface area contributed by atoms with E-state index in [0.717, 1.165) is 4.90 Å². The summed E-state index contributed by atoms with van der Waals surface area (Å²) in [4.78, 5) is 56.8. The van der Waals surface area contributed by atoms with Crippen molar-refractivity contribution in [2.75, 3.05) is 26.2 Å². The summed E-state index contributed by atoms with van der Waals surface area (Å²) in [6.07, 6.45) is -0.0187. The quantitative estimate of drug-likeness (QED) is 0.339. The third-order valence-corrected chi connectivity index (χ3v) is 2.75. The van der Waals surface area contributed by atoms with Crippen LogP contribution in [0.3, 0.4) is 0 Å². The highest BCUT2D eigenvalue weighted by Crippen LogP contribution is 2.09. The molecule has 4 N–H and O–H groups in total. The Bertz CT molecular complexity index is 459. The van der Waals surface area contributed by atoms with Crippen LogP contribution in [0.5, 0.6) is 0 Å². The summed E-state index contributed by atoms with van der Waals surface area (Å²) in [6, 6.07) is -1.26. The van der Waals surface area contributed by atoms with Crippen molar-refractivity contribution >= 4 is 29.8 Å². The third-order valence-electron chi connectivity index (χ3n) is 2.75. The molecule has 0 fully saturated rings. The van der Waals surface area contributed by atoms with Crippen LogP contribution in [0.15, 0.2) is 0 Å². The van der Waals surface area contributed by atoms with Crippen LogP contribution in [0.4, 0.5) is 0 Å². The number of nitrogens with zero attached hydrogens (tertiary/aromatic N) is 2. The molecule has 0 radical (unpaired) electrons. The Hall–Kier alpha value is -2.69. The average molecular weight is 334 g/mol. The van der Waals surface area contributed by atoms with Gasteiger partial charge in [0.05, 0.1) is 19.1 Å². The largest absolute Gasteiger partial charge is 0.480 e. The maximum Gasteiger partial charge on any atom is 0.323 e. The van der Waals surface area contributed by atoms with Crippen molar-refractivity contribution in [1.82, 2.24) is 9.80 Å². The molecule has 0 heterocycles. The van der Waals surface area contributed by atoms with Gasteiger partial charge >= 0.3 is 23.9 Å². The van der Waals surface area contributed by atoms with E-state index >= 15 is 0 Å². The maximum absolute atomic E-state index is 12.3. The van der Waals surface area contributed by atoms with Crippen molar-refractivity contribution in [2.45, 2.75) is 19.4 Å². The zero-order valence-electron chi connectivity index (χ0n) is 12.3. The van der Waals surface area contributed by atoms with E-state index in [9.17, 15) is 24.0 Å². The molecule has 0 saturated heterocycles. The van der Waals surface area contributed by atoms with E-state index in [0.29, 0.717) is 4.90 Å². The van der Waals surface area contributed by atoms with Gasteiger partial charge in [-0.1, -0.05) is 6.92 Å². The van der Waals surface area contributed by atoms with E-state index < -0.39 is 62.0 Å². The molecule has 0 rings (SSSR count). The lowest BCUT2D eigenvalue weighted by molar-refractivity contribution is -0.154. The fraction of sp³-hybridized carbons (Fsp3) is 0.583. The van der Waals surface area contributed by atoms with Gasteiger partial charge in [0.15, 0.2) is 0 Å². The monoisotopic (exact) mass is 334 g/mol. The van der Waals surface area contributed by atoms with Crippen LogP contribution in [-0.2, 0) is 24.0 Å². The fourth-order valence-electron chi connectivity index (χ4n) is 1.96. The molecule has 130 valence electrons. The molecular formula is C12H18N2O9. The topological polar surface area (TPSA) is 173 Å². The van der Waals surface area contributed by atoms with Crippen molar-refractivity contribution in [1.29, 1.82) is 0 Å². The Morgan fingerprint density at radius 1 is 0.739 bits per heavy atom. The molecule has 11 heteroatoms. The van der Waals surface area contributed by atoms with Gasteiger partial charge in [-0.25, -0.2) is 0 Å². The number of aliphatic carboxylic acids is 4. The third kappa shape index (κ3) is 7.76. The Morgan fingerprint density at radius 3 is 1.35 bits per heavy atom. The second kappa shape index (κ2) is 9.35. The molecule has 1 amide bonds. The van der Waals surface area contributed by atoms with E-state index in [2.05, 4.69) is 0 Å². The number of rotatable bonds is 11. The molecule has 0 aromatic rings. The van der Waals surface area contributed by atoms with E-state index in [1.807, 2.05) is 0 Å². The van der Waals surface area contributed by atoms with Gasteiger partial charge in [-0.05, 0) is 6.42 Å². The van der Waals surface area contributed by atoms with E-state index in [-0.39, 0.29) is 6.42 Å². The van der Waals surface area contributed by atoms with E-state index in [1.54, 1.807) is 0 Å². The summed E-state index contributed by atoms with van der Waals surface area (Å²) >= 11 is 0. The van der Waals surface area contributed by atoms with Gasteiger partial charge in [-0.3, -0.25) is 28.9 Å². The predicted molar refractivity (Wildman–Crippen MR) is 72.8 cm³/mol. The normalized spacial score (nSPS) is 11.7. The van der Waals surface area contributed by atoms with Crippen molar-refractivity contribution in [3.8, 4) is 0 Å². The highest BCUT2D eigenvalue weighted by atomic mass is 16.4. The van der Waals surface area contributed by atoms with Gasteiger partial charge in [-0.2, -0.15) is 0 Å². The Balaban J connectivity index is 5.40. The lowest BCUT2D eigenvalue weighted by Gasteiger charge is -2.31. The number of hydrogen-bond donors (Lipinski definition) is 4. The average Bonchev–Trinajstić information content (AvgIpc) is 2.35. The number of carbonyl (C=O) groups excluding carboxylic acids is 1. The van der Waals surface area contributed by atoms with Crippen LogP contribution in [0.1, 0.15) is 13.3 Å². The molecule has 0 saturated carbocycles. The first-order chi connectivity index (χ1) is 10.6. The van der Waals surface area contributed by atoms with Crippen LogP contribution in [0.2, 0.25) is 0 Å². The summed E-state index contributed by atoms with van der Waals surface area (Å²) < 4.78 is 0. The fourth-order valence-corrected chi connectivity index (χ4v) is 1.96. The van der Waals surface area contributed by atoms with Gasteiger partial charge in [0, 0.05) is 0 Å². The van der Waals surface area contributed by atoms with Crippen LogP contribution in [0.25, 0.3) is 0 Å². The minimum Gasteiger partial charge on any atom is -0.480 e. The molecule has 0 aromatic heterocycles. The lowest BCUT2D eigenvalue weighted by atomic mass is 10.1. The van der Waals surface area contributed by atoms with E-state index in [1.165, 1.54) is 6.92 Å². The molecule has 0 aliphatic rings. The first-order valence-electron chi connectivity index (χ1n) is 6.48. The molecule has 0 aliphatic carbocycles. The Kier molecular flexibility index (Phi) is 8.26. The molecule has 0 spiro atoms. The van der Waals surface area contributed by atoms with Gasteiger partial charge in [0.1, 0.15) is 13.1 Å². The number of amides is 1. The van der Waals surface area contributed by atoms with Crippen molar-refractivity contribution in [3.05, 3.63) is 0 Å². The molecule has 0 bridgehead atoms. The lowest BCUT2D eigenvalue weighted by Crippen LogP contribution is -2.53. The number of hydrogen-bond acceptors (Lipinski definition) is 6. The van der Waals surface area contributed by atoms with Crippen molar-refractivity contribution < 1.29 is 44.4 Å². The zero-order valence-corrected chi connectivity index (χ0v) is 12.3. The van der Waals surface area contributed by atoms with Gasteiger partial charge in [0.25, 0.3) is 0 Å². The second-order valence-corrected chi connectivity index (χ2v) is 4.60. The van der Waals surface area contributed by atoms with Crippen LogP contribution in [0, 0.1) is 0 Å². The summed E-state index contributed by atoms with van der Waals surface area (Å²) in [6.45, 7) is -1.83. The second-order valence-electron chi connectivity index (χ2n) is 4.60. The van der Waals surface area contributed by atoms with Crippen LogP contribution < -0.4 is 0 Å². The van der Waals surface area contributed by atoms with Crippen LogP contribution in [-0.4, -0.2) is 92.2 Å². The molecule has 0 aromatic carbocycles. The minimum atomic E-state index is -1.45. The van der Waals surface area contributed by atoms with Crippen LogP contribution >= 0.6 is 0 Å². The Labute approximate surface area is 130 Å². The van der Waals surface area contributed by atoms with Gasteiger partial charge < -0.3 is 25.3 Å². The predicted octanol–water partition coefficient (Wildman–Crippen LogP) is -1.77. The summed E-state index contributed by atoms with van der Waals surface area (Å²) in [5.74, 6) is -6.60. The van der Waals surface area contributed by atoms with Crippen molar-refractivity contribution in [2.24, 2.45) is 0 Å². The molecule has 0 aliphatic heterocycles. The first kappa shape index (κ1) is 20.3. The highest BCUT2D eigenvalue weighted by molar-refractivity contribution is 5.89. The molecule has 11 nitrogen and oxygen atoms in total. The summed E-state index contributed by atoms with van der Waals surface area (Å²) in [5.41, 5.74) is 0. The maximum atomic E-state index is 12.3.